The maximum absolute atomic E-state index is 12.9. The van der Waals surface area contributed by atoms with Crippen molar-refractivity contribution in [2.75, 3.05) is 5.75 Å². The number of carbonyl (C=O) groups excluding carboxylic acids is 1. The second-order valence-corrected chi connectivity index (χ2v) is 11.4. The van der Waals surface area contributed by atoms with E-state index in [-0.39, 0.29) is 16.6 Å². The summed E-state index contributed by atoms with van der Waals surface area (Å²) in [5, 5.41) is 18.2. The number of primary sulfonamides is 1. The lowest BCUT2D eigenvalue weighted by Gasteiger charge is -2.16. The third kappa shape index (κ3) is 6.54. The normalized spacial score (nSPS) is 12.7. The summed E-state index contributed by atoms with van der Waals surface area (Å²) in [6, 6.07) is 6.17. The molecule has 2 aromatic heterocycles. The Bertz CT molecular complexity index is 1550. The van der Waals surface area contributed by atoms with Crippen LogP contribution in [0.1, 0.15) is 42.9 Å². The minimum Gasteiger partial charge on any atom is -0.325 e. The first kappa shape index (κ1) is 28.3. The fraction of sp³-hybridized carbons (Fsp3) is 0.308. The van der Waals surface area contributed by atoms with Gasteiger partial charge in [0.15, 0.2) is 5.16 Å². The van der Waals surface area contributed by atoms with Gasteiger partial charge in [0, 0.05) is 16.8 Å². The number of allylic oxidation sites excluding steroid dienone is 3. The van der Waals surface area contributed by atoms with E-state index in [9.17, 15) is 13.2 Å². The standard InChI is InChI=1S/C26H32N6O3S2/c1-8-15(2)22(12-10-19(6)37(27,34)35)29-23(33)14-36-26-31-30-20(7)32(26)25-17(4)13-16(3)21-11-9-18(5)28-24(21)25/h9-13H,6,8,14H2,1-5,7H3,(H,29,33)(H2,27,34,35)/b12-10-,22-15-. The third-order valence-electron chi connectivity index (χ3n) is 5.91. The van der Waals surface area contributed by atoms with Gasteiger partial charge >= 0.3 is 0 Å². The number of amides is 1. The van der Waals surface area contributed by atoms with Gasteiger partial charge < -0.3 is 5.32 Å². The predicted octanol–water partition coefficient (Wildman–Crippen LogP) is 4.30. The van der Waals surface area contributed by atoms with E-state index in [4.69, 9.17) is 10.1 Å². The van der Waals surface area contributed by atoms with Gasteiger partial charge in [0.25, 0.3) is 0 Å². The number of aromatic nitrogens is 4. The van der Waals surface area contributed by atoms with Crippen LogP contribution in [0.15, 0.2) is 58.3 Å². The Kier molecular flexibility index (Phi) is 8.72. The van der Waals surface area contributed by atoms with Gasteiger partial charge in [-0.1, -0.05) is 37.4 Å². The van der Waals surface area contributed by atoms with E-state index in [1.165, 1.54) is 23.9 Å². The van der Waals surface area contributed by atoms with E-state index in [0.717, 1.165) is 39.0 Å². The third-order valence-corrected chi connectivity index (χ3v) is 7.70. The zero-order chi connectivity index (χ0) is 27.5. The van der Waals surface area contributed by atoms with Crippen LogP contribution in [0, 0.1) is 27.7 Å². The van der Waals surface area contributed by atoms with Crippen molar-refractivity contribution in [2.24, 2.45) is 5.14 Å². The molecule has 1 amide bonds. The molecule has 3 N–H and O–H groups in total. The Morgan fingerprint density at radius 1 is 1.16 bits per heavy atom. The van der Waals surface area contributed by atoms with Crippen LogP contribution in [0.2, 0.25) is 0 Å². The quantitative estimate of drug-likeness (QED) is 0.305. The average Bonchev–Trinajstić information content (AvgIpc) is 3.18. The molecule has 0 fully saturated rings. The summed E-state index contributed by atoms with van der Waals surface area (Å²) >= 11 is 1.26. The highest BCUT2D eigenvalue weighted by molar-refractivity contribution is 7.99. The molecule has 0 aliphatic heterocycles. The molecule has 0 aliphatic rings. The first-order valence-electron chi connectivity index (χ1n) is 11.7. The number of nitrogens with one attached hydrogen (secondary N) is 1. The number of hydrogen-bond donors (Lipinski definition) is 2. The number of thioether (sulfide) groups is 1. The van der Waals surface area contributed by atoms with Crippen LogP contribution < -0.4 is 10.5 Å². The van der Waals surface area contributed by atoms with Crippen LogP contribution in [-0.4, -0.2) is 39.8 Å². The van der Waals surface area contributed by atoms with Crippen LogP contribution in [0.5, 0.6) is 0 Å². The Morgan fingerprint density at radius 3 is 2.51 bits per heavy atom. The van der Waals surface area contributed by atoms with Crippen LogP contribution >= 0.6 is 11.8 Å². The van der Waals surface area contributed by atoms with Gasteiger partial charge in [0.2, 0.25) is 15.9 Å². The number of aryl methyl sites for hydroxylation is 4. The van der Waals surface area contributed by atoms with E-state index in [1.54, 1.807) is 0 Å². The molecule has 0 saturated carbocycles. The molecular formula is C26H32N6O3S2. The largest absolute Gasteiger partial charge is 0.325 e. The molecule has 0 atom stereocenters. The zero-order valence-electron chi connectivity index (χ0n) is 21.9. The lowest BCUT2D eigenvalue weighted by atomic mass is 10.0. The van der Waals surface area contributed by atoms with Crippen molar-refractivity contribution in [3.8, 4) is 5.69 Å². The smallest absolute Gasteiger partial charge is 0.237 e. The van der Waals surface area contributed by atoms with E-state index >= 15 is 0 Å². The highest BCUT2D eigenvalue weighted by atomic mass is 32.2. The molecule has 3 aromatic rings. The van der Waals surface area contributed by atoms with Crippen molar-refractivity contribution in [2.45, 2.75) is 53.1 Å². The number of carbonyl (C=O) groups is 1. The average molecular weight is 541 g/mol. The van der Waals surface area contributed by atoms with Crippen LogP contribution in [0.4, 0.5) is 0 Å². The number of nitrogens with two attached hydrogens (primary N) is 1. The Morgan fingerprint density at radius 2 is 1.86 bits per heavy atom. The number of sulfonamides is 1. The van der Waals surface area contributed by atoms with Crippen molar-refractivity contribution >= 4 is 38.6 Å². The summed E-state index contributed by atoms with van der Waals surface area (Å²) in [6.45, 7) is 15.2. The molecule has 11 heteroatoms. The number of fused-ring (bicyclic) bond motifs is 1. The SMILES string of the molecule is C=C(/C=C\C(NC(=O)CSc1nnc(C)n1-c1c(C)cc(C)c2ccc(C)nc12)=C(/C)CC)S(N)(=O)=O. The Labute approximate surface area is 222 Å². The second kappa shape index (κ2) is 11.4. The molecule has 0 spiro atoms. The van der Waals surface area contributed by atoms with E-state index in [2.05, 4.69) is 41.1 Å². The Balaban J connectivity index is 1.89. The molecule has 0 saturated heterocycles. The maximum Gasteiger partial charge on any atom is 0.237 e. The molecule has 0 bridgehead atoms. The van der Waals surface area contributed by atoms with Crippen LogP contribution in [0.3, 0.4) is 0 Å². The van der Waals surface area contributed by atoms with Crippen molar-refractivity contribution < 1.29 is 13.2 Å². The van der Waals surface area contributed by atoms with Gasteiger partial charge in [-0.2, -0.15) is 0 Å². The molecule has 0 unspecified atom stereocenters. The lowest BCUT2D eigenvalue weighted by Crippen LogP contribution is -2.25. The van der Waals surface area contributed by atoms with Crippen LogP contribution in [-0.2, 0) is 14.8 Å². The van der Waals surface area contributed by atoms with Gasteiger partial charge in [-0.15, -0.1) is 10.2 Å². The first-order chi connectivity index (χ1) is 17.3. The summed E-state index contributed by atoms with van der Waals surface area (Å²) in [5.74, 6) is 0.481. The number of benzene rings is 1. The Hall–Kier alpha value is -3.28. The number of rotatable bonds is 9. The summed E-state index contributed by atoms with van der Waals surface area (Å²) in [6.07, 6.45) is 3.43. The molecule has 9 nitrogen and oxygen atoms in total. The minimum absolute atomic E-state index is 0.0674. The fourth-order valence-electron chi connectivity index (χ4n) is 3.76. The van der Waals surface area contributed by atoms with E-state index in [0.29, 0.717) is 23.1 Å². The van der Waals surface area contributed by atoms with Crippen molar-refractivity contribution in [1.82, 2.24) is 25.1 Å². The monoisotopic (exact) mass is 540 g/mol. The molecule has 0 aliphatic carbocycles. The summed E-state index contributed by atoms with van der Waals surface area (Å²) in [5.41, 5.74) is 6.18. The van der Waals surface area contributed by atoms with Crippen LogP contribution in [0.25, 0.3) is 16.6 Å². The first-order valence-corrected chi connectivity index (χ1v) is 14.2. The summed E-state index contributed by atoms with van der Waals surface area (Å²) < 4.78 is 24.9. The zero-order valence-corrected chi connectivity index (χ0v) is 23.5. The molecule has 3 rings (SSSR count). The number of hydrogen-bond acceptors (Lipinski definition) is 7. The molecule has 0 radical (unpaired) electrons. The van der Waals surface area contributed by atoms with Crippen molar-refractivity contribution in [3.05, 3.63) is 75.8 Å². The predicted molar refractivity (Wildman–Crippen MR) is 149 cm³/mol. The molecular weight excluding hydrogens is 508 g/mol. The highest BCUT2D eigenvalue weighted by Crippen LogP contribution is 2.31. The number of pyridine rings is 1. The summed E-state index contributed by atoms with van der Waals surface area (Å²) in [7, 11) is -3.90. The van der Waals surface area contributed by atoms with Crippen molar-refractivity contribution in [3.63, 3.8) is 0 Å². The van der Waals surface area contributed by atoms with Gasteiger partial charge in [-0.25, -0.2) is 13.6 Å². The molecule has 196 valence electrons. The lowest BCUT2D eigenvalue weighted by molar-refractivity contribution is -0.117. The summed E-state index contributed by atoms with van der Waals surface area (Å²) in [4.78, 5) is 17.4. The topological polar surface area (TPSA) is 133 Å². The molecule has 1 aromatic carbocycles. The van der Waals surface area contributed by atoms with Gasteiger partial charge in [-0.3, -0.25) is 14.3 Å². The van der Waals surface area contributed by atoms with Gasteiger partial charge in [-0.05, 0) is 76.0 Å². The maximum atomic E-state index is 12.9. The highest BCUT2D eigenvalue weighted by Gasteiger charge is 2.19. The van der Waals surface area contributed by atoms with Gasteiger partial charge in [0.05, 0.1) is 21.9 Å². The van der Waals surface area contributed by atoms with Crippen molar-refractivity contribution in [1.29, 1.82) is 0 Å². The minimum atomic E-state index is -3.90. The fourth-order valence-corrected chi connectivity index (χ4v) is 4.80. The second-order valence-electron chi connectivity index (χ2n) is 8.80. The molecule has 2 heterocycles. The van der Waals surface area contributed by atoms with E-state index in [1.807, 2.05) is 45.3 Å². The van der Waals surface area contributed by atoms with Gasteiger partial charge in [0.1, 0.15) is 5.82 Å². The van der Waals surface area contributed by atoms with E-state index < -0.39 is 10.0 Å². The number of nitrogens with zero attached hydrogens (tertiary/aromatic N) is 4. The molecule has 37 heavy (non-hydrogen) atoms.